The third-order valence-corrected chi connectivity index (χ3v) is 6.49. The van der Waals surface area contributed by atoms with Crippen LogP contribution >= 0.6 is 23.1 Å². The first-order chi connectivity index (χ1) is 12.8. The zero-order valence-electron chi connectivity index (χ0n) is 15.5. The average molecular weight is 431 g/mol. The zero-order chi connectivity index (χ0) is 20.0. The zero-order valence-corrected chi connectivity index (χ0v) is 17.9. The van der Waals surface area contributed by atoms with E-state index in [9.17, 15) is 13.2 Å². The maximum absolute atomic E-state index is 12.6. The van der Waals surface area contributed by atoms with Crippen molar-refractivity contribution in [1.29, 1.82) is 0 Å². The fourth-order valence-corrected chi connectivity index (χ4v) is 5.14. The number of carbonyl (C=O) groups excluding carboxylic acids is 1. The predicted molar refractivity (Wildman–Crippen MR) is 109 cm³/mol. The van der Waals surface area contributed by atoms with Gasteiger partial charge in [0.2, 0.25) is 21.1 Å². The van der Waals surface area contributed by atoms with E-state index in [0.29, 0.717) is 23.2 Å². The minimum absolute atomic E-state index is 0.336. The van der Waals surface area contributed by atoms with Gasteiger partial charge in [-0.3, -0.25) is 14.4 Å². The van der Waals surface area contributed by atoms with Crippen molar-refractivity contribution in [2.75, 3.05) is 28.2 Å². The maximum Gasteiger partial charge on any atom is 0.249 e. The number of anilines is 2. The summed E-state index contributed by atoms with van der Waals surface area (Å²) >= 11 is 2.77. The number of aromatic nitrogens is 2. The molecule has 0 fully saturated rings. The summed E-state index contributed by atoms with van der Waals surface area (Å²) in [6, 6.07) is 5.58. The number of hydrogen-bond donors (Lipinski definition) is 1. The van der Waals surface area contributed by atoms with E-state index in [0.717, 1.165) is 20.7 Å². The Bertz CT molecular complexity index is 868. The Kier molecular flexibility index (Phi) is 7.45. The van der Waals surface area contributed by atoms with Gasteiger partial charge in [0.15, 0.2) is 4.34 Å². The number of ether oxygens (including phenoxy) is 1. The Morgan fingerprint density at radius 1 is 1.30 bits per heavy atom. The highest BCUT2D eigenvalue weighted by molar-refractivity contribution is 8.01. The van der Waals surface area contributed by atoms with Gasteiger partial charge in [0.25, 0.3) is 0 Å². The third kappa shape index (κ3) is 5.81. The Morgan fingerprint density at radius 2 is 1.96 bits per heavy atom. The number of benzene rings is 1. The fraction of sp³-hybridized carbons (Fsp3) is 0.438. The maximum atomic E-state index is 12.6. The molecule has 0 saturated heterocycles. The van der Waals surface area contributed by atoms with Gasteiger partial charge in [-0.05, 0) is 43.9 Å². The molecule has 11 heteroatoms. The second kappa shape index (κ2) is 9.38. The molecular formula is C16H22N4O4S3. The largest absolute Gasteiger partial charge is 0.494 e. The molecule has 0 saturated carbocycles. The summed E-state index contributed by atoms with van der Waals surface area (Å²) in [7, 11) is -3.69. The SMILES string of the molecule is CCOc1ccc(N(C(C)C(=O)Nc2nnc(SCC)s2)S(C)(=O)=O)cc1. The predicted octanol–water partition coefficient (Wildman–Crippen LogP) is 2.84. The lowest BCUT2D eigenvalue weighted by molar-refractivity contribution is -0.116. The van der Waals surface area contributed by atoms with Crippen LogP contribution in [0.5, 0.6) is 5.75 Å². The van der Waals surface area contributed by atoms with Gasteiger partial charge in [-0.1, -0.05) is 30.0 Å². The molecule has 2 aromatic rings. The molecular weight excluding hydrogens is 408 g/mol. The summed E-state index contributed by atoms with van der Waals surface area (Å²) in [6.07, 6.45) is 1.06. The van der Waals surface area contributed by atoms with Crippen molar-refractivity contribution >= 4 is 49.8 Å². The normalized spacial score (nSPS) is 12.4. The van der Waals surface area contributed by atoms with Gasteiger partial charge in [-0.2, -0.15) is 0 Å². The summed E-state index contributed by atoms with van der Waals surface area (Å²) in [5.74, 6) is 0.985. The first-order valence-corrected chi connectivity index (χ1v) is 11.9. The lowest BCUT2D eigenvalue weighted by Gasteiger charge is -2.28. The third-order valence-electron chi connectivity index (χ3n) is 3.40. The Balaban J connectivity index is 2.20. The lowest BCUT2D eigenvalue weighted by atomic mass is 10.2. The topological polar surface area (TPSA) is 101 Å². The van der Waals surface area contributed by atoms with Crippen LogP contribution in [0.4, 0.5) is 10.8 Å². The van der Waals surface area contributed by atoms with Crippen molar-refractivity contribution in [3.8, 4) is 5.75 Å². The number of sulfonamides is 1. The van der Waals surface area contributed by atoms with Gasteiger partial charge in [-0.25, -0.2) is 8.42 Å². The molecule has 0 aliphatic carbocycles. The van der Waals surface area contributed by atoms with Crippen LogP contribution in [0.15, 0.2) is 28.6 Å². The molecule has 148 valence electrons. The van der Waals surface area contributed by atoms with E-state index in [-0.39, 0.29) is 0 Å². The number of nitrogens with zero attached hydrogens (tertiary/aromatic N) is 3. The molecule has 1 aromatic heterocycles. The van der Waals surface area contributed by atoms with Crippen molar-refractivity contribution in [2.24, 2.45) is 0 Å². The van der Waals surface area contributed by atoms with Crippen LogP contribution in [-0.2, 0) is 14.8 Å². The van der Waals surface area contributed by atoms with Crippen LogP contribution in [0.2, 0.25) is 0 Å². The highest BCUT2D eigenvalue weighted by Gasteiger charge is 2.29. The molecule has 0 aliphatic rings. The van der Waals surface area contributed by atoms with Crippen LogP contribution in [0.1, 0.15) is 20.8 Å². The van der Waals surface area contributed by atoms with Crippen molar-refractivity contribution in [2.45, 2.75) is 31.2 Å². The summed E-state index contributed by atoms with van der Waals surface area (Å²) < 4.78 is 31.8. The Morgan fingerprint density at radius 3 is 2.52 bits per heavy atom. The van der Waals surface area contributed by atoms with Crippen LogP contribution in [-0.4, -0.2) is 49.2 Å². The van der Waals surface area contributed by atoms with E-state index >= 15 is 0 Å². The van der Waals surface area contributed by atoms with E-state index in [4.69, 9.17) is 4.74 Å². The summed E-state index contributed by atoms with van der Waals surface area (Å²) in [6.45, 7) is 5.89. The monoisotopic (exact) mass is 430 g/mol. The van der Waals surface area contributed by atoms with Crippen LogP contribution in [0.3, 0.4) is 0 Å². The molecule has 1 aromatic carbocycles. The Labute approximate surface area is 167 Å². The molecule has 1 unspecified atom stereocenters. The standard InChI is InChI=1S/C16H22N4O4S3/c1-5-24-13-9-7-12(8-10-13)20(27(4,22)23)11(3)14(21)17-15-18-19-16(26-15)25-6-2/h7-11H,5-6H2,1-4H3,(H,17,18,21). The highest BCUT2D eigenvalue weighted by atomic mass is 32.2. The van der Waals surface area contributed by atoms with Crippen LogP contribution in [0, 0.1) is 0 Å². The molecule has 0 radical (unpaired) electrons. The molecule has 1 amide bonds. The number of nitrogens with one attached hydrogen (secondary N) is 1. The van der Waals surface area contributed by atoms with Gasteiger partial charge >= 0.3 is 0 Å². The molecule has 0 aliphatic heterocycles. The summed E-state index contributed by atoms with van der Waals surface area (Å²) in [5.41, 5.74) is 0.378. The Hall–Kier alpha value is -1.85. The quantitative estimate of drug-likeness (QED) is 0.482. The molecule has 8 nitrogen and oxygen atoms in total. The van der Waals surface area contributed by atoms with Crippen molar-refractivity contribution in [1.82, 2.24) is 10.2 Å². The number of thioether (sulfide) groups is 1. The average Bonchev–Trinajstić information content (AvgIpc) is 3.03. The first kappa shape index (κ1) is 21.5. The van der Waals surface area contributed by atoms with Crippen LogP contribution < -0.4 is 14.4 Å². The van der Waals surface area contributed by atoms with Crippen LogP contribution in [0.25, 0.3) is 0 Å². The number of carbonyl (C=O) groups is 1. The van der Waals surface area contributed by atoms with E-state index in [1.165, 1.54) is 30.0 Å². The molecule has 1 N–H and O–H groups in total. The van der Waals surface area contributed by atoms with E-state index < -0.39 is 22.0 Å². The minimum Gasteiger partial charge on any atom is -0.494 e. The first-order valence-electron chi connectivity index (χ1n) is 8.25. The number of rotatable bonds is 9. The minimum atomic E-state index is -3.69. The van der Waals surface area contributed by atoms with Gasteiger partial charge in [0, 0.05) is 0 Å². The van der Waals surface area contributed by atoms with Gasteiger partial charge in [-0.15, -0.1) is 10.2 Å². The second-order valence-electron chi connectivity index (χ2n) is 5.46. The van der Waals surface area contributed by atoms with E-state index in [2.05, 4.69) is 15.5 Å². The smallest absolute Gasteiger partial charge is 0.249 e. The van der Waals surface area contributed by atoms with E-state index in [1.807, 2.05) is 13.8 Å². The van der Waals surface area contributed by atoms with Crippen molar-refractivity contribution in [3.05, 3.63) is 24.3 Å². The summed E-state index contributed by atoms with van der Waals surface area (Å²) in [4.78, 5) is 12.6. The van der Waals surface area contributed by atoms with Gasteiger partial charge in [0.05, 0.1) is 18.6 Å². The highest BCUT2D eigenvalue weighted by Crippen LogP contribution is 2.27. The lowest BCUT2D eigenvalue weighted by Crippen LogP contribution is -2.45. The molecule has 1 heterocycles. The van der Waals surface area contributed by atoms with Crippen molar-refractivity contribution in [3.63, 3.8) is 0 Å². The fourth-order valence-electron chi connectivity index (χ4n) is 2.32. The van der Waals surface area contributed by atoms with Gasteiger partial charge < -0.3 is 4.74 Å². The molecule has 27 heavy (non-hydrogen) atoms. The molecule has 0 bridgehead atoms. The number of hydrogen-bond acceptors (Lipinski definition) is 8. The second-order valence-corrected chi connectivity index (χ2v) is 9.81. The molecule has 2 rings (SSSR count). The van der Waals surface area contributed by atoms with E-state index in [1.54, 1.807) is 24.3 Å². The van der Waals surface area contributed by atoms with Gasteiger partial charge in [0.1, 0.15) is 11.8 Å². The molecule has 0 spiro atoms. The number of amides is 1. The summed E-state index contributed by atoms with van der Waals surface area (Å²) in [5, 5.41) is 10.9. The molecule has 1 atom stereocenters. The van der Waals surface area contributed by atoms with Crippen molar-refractivity contribution < 1.29 is 17.9 Å².